The second-order valence-corrected chi connectivity index (χ2v) is 8.91. The number of amides is 1. The van der Waals surface area contributed by atoms with Gasteiger partial charge in [-0.25, -0.2) is 0 Å². The Morgan fingerprint density at radius 3 is 2.59 bits per heavy atom. The molecule has 4 heteroatoms. The van der Waals surface area contributed by atoms with Crippen LogP contribution in [0.2, 0.25) is 0 Å². The zero-order chi connectivity index (χ0) is 20.4. The third kappa shape index (κ3) is 3.59. The van der Waals surface area contributed by atoms with Crippen LogP contribution >= 0.6 is 0 Å². The average molecular weight is 394 g/mol. The van der Waals surface area contributed by atoms with Crippen molar-refractivity contribution < 1.29 is 14.7 Å². The fraction of sp³-hybridized carbons (Fsp3) is 0.520. The normalized spacial score (nSPS) is 38.5. The topological polar surface area (TPSA) is 66.4 Å². The molecule has 1 saturated heterocycles. The lowest BCUT2D eigenvalue weighted by Gasteiger charge is -2.42. The van der Waals surface area contributed by atoms with Gasteiger partial charge in [0.25, 0.3) is 0 Å². The fourth-order valence-electron chi connectivity index (χ4n) is 5.69. The predicted octanol–water partition coefficient (Wildman–Crippen LogP) is 3.60. The maximum atomic E-state index is 13.6. The summed E-state index contributed by atoms with van der Waals surface area (Å²) < 4.78 is 0. The van der Waals surface area contributed by atoms with Crippen LogP contribution in [0.4, 0.5) is 0 Å². The van der Waals surface area contributed by atoms with Crippen LogP contribution in [0.25, 0.3) is 0 Å². The number of rotatable bonds is 2. The van der Waals surface area contributed by atoms with Crippen LogP contribution in [-0.4, -0.2) is 28.9 Å². The van der Waals surface area contributed by atoms with Gasteiger partial charge in [-0.15, -0.1) is 0 Å². The predicted molar refractivity (Wildman–Crippen MR) is 113 cm³/mol. The van der Waals surface area contributed by atoms with Gasteiger partial charge in [0.2, 0.25) is 5.91 Å². The quantitative estimate of drug-likeness (QED) is 0.596. The SMILES string of the molecule is C[C@@H]1C=C[C@@H]2/C=C/[C@@H](O)CCCCCC(=O)[C@]23C(=O)NC(Cc2ccccc2)[C@H]13. The van der Waals surface area contributed by atoms with Crippen molar-refractivity contribution in [1.29, 1.82) is 0 Å². The van der Waals surface area contributed by atoms with Crippen LogP contribution in [-0.2, 0) is 16.0 Å². The molecule has 1 aromatic carbocycles. The minimum absolute atomic E-state index is 0.0674. The highest BCUT2D eigenvalue weighted by Gasteiger charge is 2.64. The molecule has 6 atom stereocenters. The first kappa shape index (κ1) is 20.1. The lowest BCUT2D eigenvalue weighted by molar-refractivity contribution is -0.145. The van der Waals surface area contributed by atoms with E-state index < -0.39 is 11.5 Å². The van der Waals surface area contributed by atoms with Crippen LogP contribution in [0.3, 0.4) is 0 Å². The van der Waals surface area contributed by atoms with Crippen LogP contribution in [0.5, 0.6) is 0 Å². The Bertz CT molecular complexity index is 815. The molecule has 29 heavy (non-hydrogen) atoms. The van der Waals surface area contributed by atoms with Gasteiger partial charge in [0.05, 0.1) is 6.10 Å². The highest BCUT2D eigenvalue weighted by molar-refractivity contribution is 6.09. The van der Waals surface area contributed by atoms with Crippen LogP contribution in [0.1, 0.15) is 44.6 Å². The number of carbonyl (C=O) groups excluding carboxylic acids is 2. The van der Waals surface area contributed by atoms with Crippen molar-refractivity contribution in [2.45, 2.75) is 57.6 Å². The first-order valence-corrected chi connectivity index (χ1v) is 11.0. The third-order valence-corrected chi connectivity index (χ3v) is 7.07. The van der Waals surface area contributed by atoms with Crippen molar-refractivity contribution in [3.8, 4) is 0 Å². The number of allylic oxidation sites excluding steroid dienone is 3. The smallest absolute Gasteiger partial charge is 0.235 e. The molecule has 0 saturated carbocycles. The van der Waals surface area contributed by atoms with Gasteiger partial charge < -0.3 is 10.4 Å². The second-order valence-electron chi connectivity index (χ2n) is 8.91. The monoisotopic (exact) mass is 393 g/mol. The number of aliphatic hydroxyl groups excluding tert-OH is 1. The minimum atomic E-state index is -1.06. The molecular weight excluding hydrogens is 362 g/mol. The third-order valence-electron chi connectivity index (χ3n) is 7.07. The summed E-state index contributed by atoms with van der Waals surface area (Å²) in [6.45, 7) is 2.12. The fourth-order valence-corrected chi connectivity index (χ4v) is 5.69. The average Bonchev–Trinajstić information content (AvgIpc) is 3.00. The second kappa shape index (κ2) is 8.27. The van der Waals surface area contributed by atoms with Crippen LogP contribution in [0, 0.1) is 23.2 Å². The van der Waals surface area contributed by atoms with E-state index in [0.29, 0.717) is 12.8 Å². The molecule has 1 spiro atoms. The minimum Gasteiger partial charge on any atom is -0.389 e. The molecule has 154 valence electrons. The molecule has 1 aromatic rings. The number of ketones is 1. The molecule has 1 heterocycles. The van der Waals surface area contributed by atoms with E-state index in [-0.39, 0.29) is 35.5 Å². The van der Waals surface area contributed by atoms with Crippen LogP contribution < -0.4 is 5.32 Å². The highest BCUT2D eigenvalue weighted by atomic mass is 16.3. The first-order chi connectivity index (χ1) is 14.0. The van der Waals surface area contributed by atoms with Crippen molar-refractivity contribution in [3.63, 3.8) is 0 Å². The summed E-state index contributed by atoms with van der Waals surface area (Å²) in [5.41, 5.74) is 0.108. The molecule has 0 aromatic heterocycles. The maximum Gasteiger partial charge on any atom is 0.235 e. The summed E-state index contributed by atoms with van der Waals surface area (Å²) >= 11 is 0. The number of nitrogens with one attached hydrogen (secondary N) is 1. The standard InChI is InChI=1S/C25H31NO3/c1-17-12-13-19-14-15-20(27)10-6-3-7-11-22(28)25(19)23(17)21(26-24(25)29)16-18-8-4-2-5-9-18/h2,4-5,8-9,12-15,17,19-21,23,27H,3,6-7,10-11,16H2,1H3,(H,26,29)/b15-14+/t17-,19-,20+,21?,23+,25-/m1/s1. The molecule has 4 rings (SSSR count). The zero-order valence-electron chi connectivity index (χ0n) is 17.1. The van der Waals surface area contributed by atoms with Crippen molar-refractivity contribution >= 4 is 11.7 Å². The summed E-state index contributed by atoms with van der Waals surface area (Å²) in [6.07, 6.45) is 11.8. The van der Waals surface area contributed by atoms with E-state index in [2.05, 4.69) is 30.4 Å². The Morgan fingerprint density at radius 2 is 1.79 bits per heavy atom. The summed E-state index contributed by atoms with van der Waals surface area (Å²) in [7, 11) is 0. The summed E-state index contributed by atoms with van der Waals surface area (Å²) in [5, 5.41) is 13.5. The molecule has 2 aliphatic carbocycles. The van der Waals surface area contributed by atoms with Gasteiger partial charge in [0.1, 0.15) is 11.2 Å². The van der Waals surface area contributed by atoms with E-state index >= 15 is 0 Å². The van der Waals surface area contributed by atoms with Gasteiger partial charge in [-0.1, -0.05) is 74.4 Å². The molecule has 1 aliphatic heterocycles. The summed E-state index contributed by atoms with van der Waals surface area (Å²) in [4.78, 5) is 27.1. The van der Waals surface area contributed by atoms with Crippen molar-refractivity contribution in [2.24, 2.45) is 23.2 Å². The number of carbonyl (C=O) groups is 2. The van der Waals surface area contributed by atoms with Crippen LogP contribution in [0.15, 0.2) is 54.6 Å². The number of benzene rings is 1. The lowest BCUT2D eigenvalue weighted by atomic mass is 9.56. The van der Waals surface area contributed by atoms with E-state index in [4.69, 9.17) is 0 Å². The molecule has 0 bridgehead atoms. The van der Waals surface area contributed by atoms with Gasteiger partial charge >= 0.3 is 0 Å². The summed E-state index contributed by atoms with van der Waals surface area (Å²) in [5.74, 6) is -0.317. The number of Topliss-reactive ketones (excluding diaryl/α,β-unsaturated/α-hetero) is 1. The Kier molecular flexibility index (Phi) is 5.73. The van der Waals surface area contributed by atoms with E-state index in [1.807, 2.05) is 30.4 Å². The van der Waals surface area contributed by atoms with Gasteiger partial charge in [-0.3, -0.25) is 9.59 Å². The molecule has 4 nitrogen and oxygen atoms in total. The highest BCUT2D eigenvalue weighted by Crippen LogP contribution is 2.53. The zero-order valence-corrected chi connectivity index (χ0v) is 17.1. The van der Waals surface area contributed by atoms with Crippen molar-refractivity contribution in [3.05, 3.63) is 60.2 Å². The number of hydrogen-bond acceptors (Lipinski definition) is 3. The number of aliphatic hydroxyl groups is 1. The van der Waals surface area contributed by atoms with Gasteiger partial charge in [-0.2, -0.15) is 0 Å². The Morgan fingerprint density at radius 1 is 1.03 bits per heavy atom. The lowest BCUT2D eigenvalue weighted by Crippen LogP contribution is -2.51. The van der Waals surface area contributed by atoms with E-state index in [1.54, 1.807) is 6.08 Å². The van der Waals surface area contributed by atoms with Crippen molar-refractivity contribution in [2.75, 3.05) is 0 Å². The van der Waals surface area contributed by atoms with Gasteiger partial charge in [0, 0.05) is 24.3 Å². The largest absolute Gasteiger partial charge is 0.389 e. The first-order valence-electron chi connectivity index (χ1n) is 11.0. The molecule has 1 amide bonds. The van der Waals surface area contributed by atoms with Gasteiger partial charge in [0.15, 0.2) is 0 Å². The Balaban J connectivity index is 1.75. The summed E-state index contributed by atoms with van der Waals surface area (Å²) in [6, 6.07) is 10.1. The Labute approximate surface area is 173 Å². The van der Waals surface area contributed by atoms with E-state index in [9.17, 15) is 14.7 Å². The molecule has 1 unspecified atom stereocenters. The van der Waals surface area contributed by atoms with Crippen molar-refractivity contribution in [1.82, 2.24) is 5.32 Å². The molecular formula is C25H31NO3. The number of hydrogen-bond donors (Lipinski definition) is 2. The maximum absolute atomic E-state index is 13.6. The molecule has 0 radical (unpaired) electrons. The molecule has 3 aliphatic rings. The van der Waals surface area contributed by atoms with Gasteiger partial charge in [-0.05, 0) is 30.7 Å². The molecule has 1 fully saturated rings. The molecule has 2 N–H and O–H groups in total. The Hall–Kier alpha value is -2.20. The van der Waals surface area contributed by atoms with E-state index in [1.165, 1.54) is 5.56 Å². The van der Waals surface area contributed by atoms with E-state index in [0.717, 1.165) is 25.7 Å².